The molecule has 2 N–H and O–H groups in total. The van der Waals surface area contributed by atoms with Crippen molar-refractivity contribution in [3.63, 3.8) is 0 Å². The Morgan fingerprint density at radius 3 is 2.24 bits per heavy atom. The molecule has 0 saturated carbocycles. The quantitative estimate of drug-likeness (QED) is 0.260. The summed E-state index contributed by atoms with van der Waals surface area (Å²) in [7, 11) is 3.05. The van der Waals surface area contributed by atoms with Crippen molar-refractivity contribution < 1.29 is 18.7 Å². The van der Waals surface area contributed by atoms with Crippen LogP contribution >= 0.6 is 12.2 Å². The smallest absolute Gasteiger partial charge is 0.257 e. The number of hydrogen-bond acceptors (Lipinski definition) is 6. The van der Waals surface area contributed by atoms with E-state index in [4.69, 9.17) is 26.1 Å². The Morgan fingerprint density at radius 2 is 1.51 bits per heavy atom. The fourth-order valence-electron chi connectivity index (χ4n) is 3.88. The van der Waals surface area contributed by atoms with Crippen molar-refractivity contribution in [2.24, 2.45) is 0 Å². The lowest BCUT2D eigenvalue weighted by molar-refractivity contribution is 0.0977. The molecule has 4 aromatic carbocycles. The average Bonchev–Trinajstić information content (AvgIpc) is 3.36. The lowest BCUT2D eigenvalue weighted by Crippen LogP contribution is -2.34. The highest BCUT2D eigenvalue weighted by Crippen LogP contribution is 2.29. The van der Waals surface area contributed by atoms with E-state index >= 15 is 0 Å². The molecule has 0 aliphatic carbocycles. The molecular formula is C29H23N3O4S. The van der Waals surface area contributed by atoms with Crippen LogP contribution in [0.5, 0.6) is 11.5 Å². The molecule has 1 amide bonds. The molecule has 184 valence electrons. The Bertz CT molecular complexity index is 1580. The molecule has 0 atom stereocenters. The van der Waals surface area contributed by atoms with Crippen molar-refractivity contribution in [3.05, 3.63) is 96.6 Å². The van der Waals surface area contributed by atoms with Crippen LogP contribution in [0.4, 0.5) is 5.69 Å². The Labute approximate surface area is 219 Å². The van der Waals surface area contributed by atoms with Crippen molar-refractivity contribution in [2.45, 2.75) is 0 Å². The first kappa shape index (κ1) is 24.0. The van der Waals surface area contributed by atoms with Gasteiger partial charge in [0.1, 0.15) is 5.52 Å². The predicted molar refractivity (Wildman–Crippen MR) is 148 cm³/mol. The van der Waals surface area contributed by atoms with E-state index in [0.29, 0.717) is 39.7 Å². The van der Waals surface area contributed by atoms with Gasteiger partial charge in [0.15, 0.2) is 22.2 Å². The third-order valence-corrected chi connectivity index (χ3v) is 5.96. The number of thiocarbonyl (C=S) groups is 1. The molecule has 0 spiro atoms. The molecule has 0 fully saturated rings. The number of ether oxygens (including phenoxy) is 2. The number of nitrogens with zero attached hydrogens (tertiary/aromatic N) is 1. The molecule has 5 rings (SSSR count). The van der Waals surface area contributed by atoms with Crippen LogP contribution < -0.4 is 20.1 Å². The maximum absolute atomic E-state index is 12.6. The zero-order chi connectivity index (χ0) is 25.8. The van der Waals surface area contributed by atoms with Crippen LogP contribution in [0.1, 0.15) is 10.4 Å². The number of fused-ring (bicyclic) bond motifs is 1. The molecule has 7 nitrogen and oxygen atoms in total. The third-order valence-electron chi connectivity index (χ3n) is 5.76. The fourth-order valence-corrected chi connectivity index (χ4v) is 4.09. The van der Waals surface area contributed by atoms with Gasteiger partial charge in [-0.3, -0.25) is 10.1 Å². The SMILES string of the molecule is COc1ccc(C(=O)NC(=S)Nc2ccc3oc(-c4ccc(-c5ccccc5)cc4)nc3c2)cc1OC. The second-order valence-electron chi connectivity index (χ2n) is 8.12. The standard InChI is InChI=1S/C29H23N3O4S/c1-34-25-14-12-21(16-26(25)35-2)27(33)32-29(37)30-22-13-15-24-23(17-22)31-28(36-24)20-10-8-19(9-11-20)18-6-4-3-5-7-18/h3-17H,1-2H3,(H2,30,32,33,37). The first-order valence-corrected chi connectivity index (χ1v) is 11.9. The number of benzene rings is 4. The second kappa shape index (κ2) is 10.5. The molecule has 0 unspecified atom stereocenters. The van der Waals surface area contributed by atoms with Crippen molar-refractivity contribution in [3.8, 4) is 34.1 Å². The van der Waals surface area contributed by atoms with Gasteiger partial charge in [0.05, 0.1) is 14.2 Å². The maximum Gasteiger partial charge on any atom is 0.257 e. The highest BCUT2D eigenvalue weighted by Gasteiger charge is 2.13. The van der Waals surface area contributed by atoms with Gasteiger partial charge in [-0.05, 0) is 71.9 Å². The first-order valence-electron chi connectivity index (χ1n) is 11.4. The molecule has 37 heavy (non-hydrogen) atoms. The summed E-state index contributed by atoms with van der Waals surface area (Å²) in [6.45, 7) is 0. The monoisotopic (exact) mass is 509 g/mol. The van der Waals surface area contributed by atoms with Crippen LogP contribution in [-0.2, 0) is 0 Å². The fraction of sp³-hybridized carbons (Fsp3) is 0.0690. The molecule has 1 aromatic heterocycles. The molecule has 0 saturated heterocycles. The summed E-state index contributed by atoms with van der Waals surface area (Å²) in [5.74, 6) is 1.14. The minimum Gasteiger partial charge on any atom is -0.493 e. The maximum atomic E-state index is 12.6. The number of amides is 1. The number of oxazole rings is 1. The van der Waals surface area contributed by atoms with Gasteiger partial charge in [0.2, 0.25) is 5.89 Å². The number of carbonyl (C=O) groups is 1. The zero-order valence-electron chi connectivity index (χ0n) is 20.1. The lowest BCUT2D eigenvalue weighted by Gasteiger charge is -2.11. The highest BCUT2D eigenvalue weighted by molar-refractivity contribution is 7.80. The number of nitrogens with one attached hydrogen (secondary N) is 2. The van der Waals surface area contributed by atoms with Gasteiger partial charge >= 0.3 is 0 Å². The molecular weight excluding hydrogens is 486 g/mol. The zero-order valence-corrected chi connectivity index (χ0v) is 21.0. The minimum atomic E-state index is -0.373. The van der Waals surface area contributed by atoms with Gasteiger partial charge in [-0.2, -0.15) is 0 Å². The van der Waals surface area contributed by atoms with E-state index in [9.17, 15) is 4.79 Å². The van der Waals surface area contributed by atoms with Crippen LogP contribution in [0, 0.1) is 0 Å². The van der Waals surface area contributed by atoms with Crippen molar-refractivity contribution in [1.29, 1.82) is 0 Å². The third kappa shape index (κ3) is 5.29. The normalized spacial score (nSPS) is 10.6. The minimum absolute atomic E-state index is 0.152. The van der Waals surface area contributed by atoms with Gasteiger partial charge < -0.3 is 19.2 Å². The van der Waals surface area contributed by atoms with E-state index in [0.717, 1.165) is 16.7 Å². The molecule has 0 bridgehead atoms. The van der Waals surface area contributed by atoms with Gasteiger partial charge in [-0.1, -0.05) is 42.5 Å². The largest absolute Gasteiger partial charge is 0.493 e. The molecule has 0 aliphatic rings. The number of hydrogen-bond donors (Lipinski definition) is 2. The van der Waals surface area contributed by atoms with E-state index in [-0.39, 0.29) is 11.0 Å². The number of aromatic nitrogens is 1. The average molecular weight is 510 g/mol. The van der Waals surface area contributed by atoms with Crippen molar-refractivity contribution >= 4 is 40.0 Å². The van der Waals surface area contributed by atoms with Crippen LogP contribution in [0.3, 0.4) is 0 Å². The molecule has 5 aromatic rings. The summed E-state index contributed by atoms with van der Waals surface area (Å²) in [6.07, 6.45) is 0. The first-order chi connectivity index (χ1) is 18.0. The van der Waals surface area contributed by atoms with E-state index in [1.165, 1.54) is 14.2 Å². The Balaban J connectivity index is 1.27. The van der Waals surface area contributed by atoms with Gasteiger partial charge in [0, 0.05) is 16.8 Å². The Kier molecular flexibility index (Phi) is 6.83. The van der Waals surface area contributed by atoms with Crippen LogP contribution in [0.2, 0.25) is 0 Å². The predicted octanol–water partition coefficient (Wildman–Crippen LogP) is 6.31. The van der Waals surface area contributed by atoms with Gasteiger partial charge in [-0.25, -0.2) is 4.98 Å². The number of methoxy groups -OCH3 is 2. The van der Waals surface area contributed by atoms with Crippen LogP contribution in [-0.4, -0.2) is 30.2 Å². The molecule has 0 radical (unpaired) electrons. The summed E-state index contributed by atoms with van der Waals surface area (Å²) in [5, 5.41) is 5.85. The van der Waals surface area contributed by atoms with Gasteiger partial charge in [0.25, 0.3) is 5.91 Å². The second-order valence-corrected chi connectivity index (χ2v) is 8.53. The summed E-state index contributed by atoms with van der Waals surface area (Å²) in [5.41, 5.74) is 5.52. The number of anilines is 1. The van der Waals surface area contributed by atoms with E-state index in [2.05, 4.69) is 27.8 Å². The van der Waals surface area contributed by atoms with Crippen LogP contribution in [0.25, 0.3) is 33.7 Å². The van der Waals surface area contributed by atoms with E-state index < -0.39 is 0 Å². The lowest BCUT2D eigenvalue weighted by atomic mass is 10.0. The van der Waals surface area contributed by atoms with Crippen LogP contribution in [0.15, 0.2) is 95.4 Å². The Morgan fingerprint density at radius 1 is 0.811 bits per heavy atom. The molecule has 8 heteroatoms. The molecule has 0 aliphatic heterocycles. The summed E-state index contributed by atoms with van der Waals surface area (Å²) < 4.78 is 16.4. The molecule has 1 heterocycles. The summed E-state index contributed by atoms with van der Waals surface area (Å²) >= 11 is 5.34. The van der Waals surface area contributed by atoms with E-state index in [1.54, 1.807) is 18.2 Å². The van der Waals surface area contributed by atoms with Crippen molar-refractivity contribution in [1.82, 2.24) is 10.3 Å². The van der Waals surface area contributed by atoms with Gasteiger partial charge in [-0.15, -0.1) is 0 Å². The Hall–Kier alpha value is -4.69. The topological polar surface area (TPSA) is 85.6 Å². The number of carbonyl (C=O) groups excluding carboxylic acids is 1. The van der Waals surface area contributed by atoms with Crippen molar-refractivity contribution in [2.75, 3.05) is 19.5 Å². The highest BCUT2D eigenvalue weighted by atomic mass is 32.1. The summed E-state index contributed by atoms with van der Waals surface area (Å²) in [4.78, 5) is 17.3. The van der Waals surface area contributed by atoms with E-state index in [1.807, 2.05) is 60.7 Å². The number of rotatable bonds is 6. The summed E-state index contributed by atoms with van der Waals surface area (Å²) in [6, 6.07) is 28.6.